The molecule has 0 radical (unpaired) electrons. The molecule has 2 heterocycles. The van der Waals surface area contributed by atoms with Gasteiger partial charge in [0.05, 0.1) is 28.8 Å². The number of rotatable bonds is 10. The van der Waals surface area contributed by atoms with Gasteiger partial charge in [0.15, 0.2) is 5.75 Å². The van der Waals surface area contributed by atoms with E-state index in [2.05, 4.69) is 4.98 Å². The number of pyridine rings is 1. The molecule has 0 unspecified atom stereocenters. The largest absolute Gasteiger partial charge is 0.487 e. The average Bonchev–Trinajstić information content (AvgIpc) is 2.83. The van der Waals surface area contributed by atoms with Crippen LogP contribution in [0.3, 0.4) is 0 Å². The van der Waals surface area contributed by atoms with Gasteiger partial charge in [-0.15, -0.1) is 0 Å². The maximum atomic E-state index is 12.7. The molecule has 0 fully saturated rings. The van der Waals surface area contributed by atoms with Gasteiger partial charge >= 0.3 is 12.1 Å². The first-order valence-corrected chi connectivity index (χ1v) is 12.1. The zero-order valence-electron chi connectivity index (χ0n) is 20.2. The summed E-state index contributed by atoms with van der Waals surface area (Å²) in [5.41, 5.74) is 2.30. The Balaban J connectivity index is 1.65. The highest BCUT2D eigenvalue weighted by Crippen LogP contribution is 2.34. The van der Waals surface area contributed by atoms with Crippen molar-refractivity contribution >= 4 is 40.5 Å². The van der Waals surface area contributed by atoms with Crippen LogP contribution in [0, 0.1) is 6.92 Å². The number of aryl methyl sites for hydroxylation is 1. The Kier molecular flexibility index (Phi) is 9.80. The molecule has 37 heavy (non-hydrogen) atoms. The van der Waals surface area contributed by atoms with Gasteiger partial charge in [-0.05, 0) is 55.2 Å². The van der Waals surface area contributed by atoms with Crippen LogP contribution in [-0.2, 0) is 14.3 Å². The van der Waals surface area contributed by atoms with Crippen LogP contribution >= 0.6 is 23.2 Å². The van der Waals surface area contributed by atoms with Gasteiger partial charge in [0.2, 0.25) is 11.7 Å². The van der Waals surface area contributed by atoms with E-state index in [-0.39, 0.29) is 44.9 Å². The van der Waals surface area contributed by atoms with E-state index in [0.717, 1.165) is 5.56 Å². The molecule has 2 aromatic rings. The number of hydrogen-bond acceptors (Lipinski definition) is 7. The number of ether oxygens (including phenoxy) is 3. The zero-order chi connectivity index (χ0) is 27.2. The molecule has 1 aliphatic rings. The highest BCUT2D eigenvalue weighted by atomic mass is 35.5. The fourth-order valence-electron chi connectivity index (χ4n) is 3.73. The predicted molar refractivity (Wildman–Crippen MR) is 132 cm³/mol. The minimum atomic E-state index is -4.93. The molecular weight excluding hydrogens is 536 g/mol. The molecule has 0 aliphatic carbocycles. The summed E-state index contributed by atoms with van der Waals surface area (Å²) in [5.74, 6) is -1.84. The standard InChI is InChI=1S/C25H25Cl2F3N2O5/c1-3-35-24(34)18-13-32(14-21(33)25(28,29)30)7-6-17(18)16-4-5-22(31-12-16)36-8-9-37-23-19(26)10-15(2)11-20(23)27/h4-5,10-12H,3,6-9,13-14H2,1-2H3. The smallest absolute Gasteiger partial charge is 0.451 e. The van der Waals surface area contributed by atoms with E-state index in [0.29, 0.717) is 32.8 Å². The van der Waals surface area contributed by atoms with Crippen LogP contribution in [0.25, 0.3) is 5.57 Å². The second-order valence-electron chi connectivity index (χ2n) is 8.20. The molecule has 0 spiro atoms. The third-order valence-electron chi connectivity index (χ3n) is 5.44. The zero-order valence-corrected chi connectivity index (χ0v) is 21.7. The highest BCUT2D eigenvalue weighted by Gasteiger charge is 2.40. The van der Waals surface area contributed by atoms with Gasteiger partial charge in [0.1, 0.15) is 13.2 Å². The summed E-state index contributed by atoms with van der Waals surface area (Å²) in [5, 5.41) is 0.791. The second-order valence-corrected chi connectivity index (χ2v) is 9.01. The fourth-order valence-corrected chi connectivity index (χ4v) is 4.44. The minimum absolute atomic E-state index is 0.100. The lowest BCUT2D eigenvalue weighted by molar-refractivity contribution is -0.172. The Hall–Kier alpha value is -2.82. The normalized spacial score (nSPS) is 14.5. The first-order valence-electron chi connectivity index (χ1n) is 11.4. The Morgan fingerprint density at radius 3 is 2.38 bits per heavy atom. The van der Waals surface area contributed by atoms with E-state index in [9.17, 15) is 22.8 Å². The number of carbonyl (C=O) groups excluding carboxylic acids is 2. The van der Waals surface area contributed by atoms with Crippen LogP contribution in [-0.4, -0.2) is 67.3 Å². The lowest BCUT2D eigenvalue weighted by Gasteiger charge is -2.29. The lowest BCUT2D eigenvalue weighted by Crippen LogP contribution is -2.41. The summed E-state index contributed by atoms with van der Waals surface area (Å²) in [7, 11) is 0. The fraction of sp³-hybridized carbons (Fsp3) is 0.400. The van der Waals surface area contributed by atoms with Crippen molar-refractivity contribution in [2.45, 2.75) is 26.4 Å². The molecule has 0 N–H and O–H groups in total. The number of ketones is 1. The average molecular weight is 561 g/mol. The SMILES string of the molecule is CCOC(=O)C1=C(c2ccc(OCCOc3c(Cl)cc(C)cc3Cl)nc2)CCN(CC(=O)C(F)(F)F)C1. The number of halogens is 5. The molecule has 0 saturated carbocycles. The molecule has 0 amide bonds. The number of esters is 1. The summed E-state index contributed by atoms with van der Waals surface area (Å²) >= 11 is 12.3. The van der Waals surface area contributed by atoms with Crippen molar-refractivity contribution in [2.24, 2.45) is 0 Å². The van der Waals surface area contributed by atoms with Gasteiger partial charge in [0.25, 0.3) is 0 Å². The maximum Gasteiger partial charge on any atom is 0.451 e. The lowest BCUT2D eigenvalue weighted by atomic mass is 9.94. The van der Waals surface area contributed by atoms with Crippen molar-refractivity contribution in [2.75, 3.05) is 39.5 Å². The Morgan fingerprint density at radius 1 is 1.11 bits per heavy atom. The number of carbonyl (C=O) groups is 2. The number of hydrogen-bond donors (Lipinski definition) is 0. The third-order valence-corrected chi connectivity index (χ3v) is 6.00. The van der Waals surface area contributed by atoms with Crippen molar-refractivity contribution in [3.63, 3.8) is 0 Å². The van der Waals surface area contributed by atoms with Crippen LogP contribution in [0.2, 0.25) is 10.0 Å². The van der Waals surface area contributed by atoms with E-state index < -0.39 is 24.5 Å². The quantitative estimate of drug-likeness (QED) is 0.288. The number of alkyl halides is 3. The minimum Gasteiger partial charge on any atom is -0.487 e. The molecule has 0 saturated heterocycles. The summed E-state index contributed by atoms with van der Waals surface area (Å²) in [6.07, 6.45) is -3.18. The van der Waals surface area contributed by atoms with Crippen molar-refractivity contribution < 1.29 is 37.0 Å². The van der Waals surface area contributed by atoms with Gasteiger partial charge in [-0.2, -0.15) is 13.2 Å². The van der Waals surface area contributed by atoms with E-state index in [1.54, 1.807) is 31.2 Å². The van der Waals surface area contributed by atoms with Crippen LogP contribution in [0.1, 0.15) is 24.5 Å². The first kappa shape index (κ1) is 28.7. The van der Waals surface area contributed by atoms with E-state index in [1.807, 2.05) is 6.92 Å². The van der Waals surface area contributed by atoms with Gasteiger partial charge in [0, 0.05) is 25.4 Å². The summed E-state index contributed by atoms with van der Waals surface area (Å²) in [4.78, 5) is 29.5. The Bertz CT molecular complexity index is 1150. The molecule has 200 valence electrons. The van der Waals surface area contributed by atoms with Crippen molar-refractivity contribution in [3.8, 4) is 11.6 Å². The topological polar surface area (TPSA) is 78.0 Å². The van der Waals surface area contributed by atoms with Gasteiger partial charge in [-0.25, -0.2) is 9.78 Å². The van der Waals surface area contributed by atoms with E-state index in [1.165, 1.54) is 11.1 Å². The predicted octanol–water partition coefficient (Wildman–Crippen LogP) is 5.31. The van der Waals surface area contributed by atoms with Gasteiger partial charge < -0.3 is 14.2 Å². The monoisotopic (exact) mass is 560 g/mol. The van der Waals surface area contributed by atoms with Gasteiger partial charge in [-0.3, -0.25) is 9.69 Å². The number of benzene rings is 1. The number of aromatic nitrogens is 1. The van der Waals surface area contributed by atoms with Crippen LogP contribution < -0.4 is 9.47 Å². The van der Waals surface area contributed by atoms with Crippen molar-refractivity contribution in [1.29, 1.82) is 0 Å². The molecule has 0 atom stereocenters. The molecule has 1 aromatic carbocycles. The van der Waals surface area contributed by atoms with E-state index in [4.69, 9.17) is 37.4 Å². The molecule has 1 aromatic heterocycles. The second kappa shape index (κ2) is 12.6. The maximum absolute atomic E-state index is 12.7. The molecule has 0 bridgehead atoms. The molecular formula is C25H25Cl2F3N2O5. The Labute approximate surface area is 222 Å². The molecule has 3 rings (SSSR count). The molecule has 12 heteroatoms. The summed E-state index contributed by atoms with van der Waals surface area (Å²) in [6.45, 7) is 3.11. The summed E-state index contributed by atoms with van der Waals surface area (Å²) < 4.78 is 54.4. The molecule has 1 aliphatic heterocycles. The summed E-state index contributed by atoms with van der Waals surface area (Å²) in [6, 6.07) is 6.78. The third kappa shape index (κ3) is 7.83. The van der Waals surface area contributed by atoms with Crippen molar-refractivity contribution in [1.82, 2.24) is 9.88 Å². The first-order chi connectivity index (χ1) is 17.5. The van der Waals surface area contributed by atoms with E-state index >= 15 is 0 Å². The van der Waals surface area contributed by atoms with Crippen LogP contribution in [0.15, 0.2) is 36.0 Å². The van der Waals surface area contributed by atoms with Gasteiger partial charge in [-0.1, -0.05) is 23.2 Å². The molecule has 7 nitrogen and oxygen atoms in total. The van der Waals surface area contributed by atoms with Crippen LogP contribution in [0.4, 0.5) is 13.2 Å². The Morgan fingerprint density at radius 2 is 1.78 bits per heavy atom. The van der Waals surface area contributed by atoms with Crippen molar-refractivity contribution in [3.05, 3.63) is 57.2 Å². The number of nitrogens with zero attached hydrogens (tertiary/aromatic N) is 2. The highest BCUT2D eigenvalue weighted by molar-refractivity contribution is 6.37. The number of Topliss-reactive ketones (excluding diaryl/α,β-unsaturated/α-hetero) is 1. The van der Waals surface area contributed by atoms with Crippen LogP contribution in [0.5, 0.6) is 11.6 Å².